The number of esters is 1. The summed E-state index contributed by atoms with van der Waals surface area (Å²) in [6, 6.07) is 10.3. The molecule has 0 fully saturated rings. The standard InChI is InChI=1S/C23H24N2O7/c1-13(2)31-16-7-5-15(6-8-16)22-25-17(23(27)32-22)9-14-10-18(28-3)21(19(11-14)29-4)30-12-20(24)26/h5-11,13H,12H2,1-4H3,(H2,24,26)/b17-9+. The lowest BCUT2D eigenvalue weighted by Gasteiger charge is -2.14. The molecule has 0 radical (unpaired) electrons. The molecule has 9 nitrogen and oxygen atoms in total. The van der Waals surface area contributed by atoms with Gasteiger partial charge < -0.3 is 29.4 Å². The van der Waals surface area contributed by atoms with Crippen molar-refractivity contribution in [3.63, 3.8) is 0 Å². The number of aliphatic imine (C=N–C) groups is 1. The summed E-state index contributed by atoms with van der Waals surface area (Å²) in [5, 5.41) is 0. The van der Waals surface area contributed by atoms with Crippen molar-refractivity contribution in [1.29, 1.82) is 0 Å². The smallest absolute Gasteiger partial charge is 0.363 e. The Balaban J connectivity index is 1.89. The quantitative estimate of drug-likeness (QED) is 0.470. The average Bonchev–Trinajstić information content (AvgIpc) is 3.12. The maximum Gasteiger partial charge on any atom is 0.363 e. The summed E-state index contributed by atoms with van der Waals surface area (Å²) >= 11 is 0. The number of hydrogen-bond donors (Lipinski definition) is 1. The second kappa shape index (κ2) is 9.86. The van der Waals surface area contributed by atoms with E-state index in [-0.39, 0.29) is 30.1 Å². The first-order valence-electron chi connectivity index (χ1n) is 9.77. The van der Waals surface area contributed by atoms with Crippen LogP contribution in [-0.2, 0) is 14.3 Å². The Morgan fingerprint density at radius 3 is 2.28 bits per heavy atom. The largest absolute Gasteiger partial charge is 0.493 e. The van der Waals surface area contributed by atoms with Gasteiger partial charge in [-0.3, -0.25) is 4.79 Å². The number of primary amides is 1. The summed E-state index contributed by atoms with van der Waals surface area (Å²) in [5.74, 6) is 0.495. The number of amides is 1. The van der Waals surface area contributed by atoms with Crippen LogP contribution in [0.25, 0.3) is 6.08 Å². The normalized spacial score (nSPS) is 14.2. The number of cyclic esters (lactones) is 1. The highest BCUT2D eigenvalue weighted by Gasteiger charge is 2.25. The van der Waals surface area contributed by atoms with E-state index in [1.165, 1.54) is 20.3 Å². The number of nitrogens with zero attached hydrogens (tertiary/aromatic N) is 1. The Morgan fingerprint density at radius 1 is 1.12 bits per heavy atom. The molecule has 0 unspecified atom stereocenters. The van der Waals surface area contributed by atoms with E-state index in [2.05, 4.69) is 4.99 Å². The third kappa shape index (κ3) is 5.37. The Bertz CT molecular complexity index is 1050. The van der Waals surface area contributed by atoms with E-state index >= 15 is 0 Å². The van der Waals surface area contributed by atoms with Gasteiger partial charge in [-0.1, -0.05) is 0 Å². The first kappa shape index (κ1) is 22.7. The molecular formula is C23H24N2O7. The van der Waals surface area contributed by atoms with Crippen molar-refractivity contribution in [2.75, 3.05) is 20.8 Å². The zero-order valence-corrected chi connectivity index (χ0v) is 18.2. The van der Waals surface area contributed by atoms with Gasteiger partial charge in [-0.25, -0.2) is 9.79 Å². The fraction of sp³-hybridized carbons (Fsp3) is 0.261. The summed E-state index contributed by atoms with van der Waals surface area (Å²) in [4.78, 5) is 27.7. The van der Waals surface area contributed by atoms with Crippen LogP contribution in [0.2, 0.25) is 0 Å². The molecule has 3 rings (SSSR count). The molecule has 1 aliphatic heterocycles. The van der Waals surface area contributed by atoms with Crippen molar-refractivity contribution >= 4 is 23.9 Å². The Hall–Kier alpha value is -4.01. The minimum absolute atomic E-state index is 0.0543. The molecule has 168 valence electrons. The van der Waals surface area contributed by atoms with E-state index in [0.29, 0.717) is 28.4 Å². The first-order chi connectivity index (χ1) is 15.3. The van der Waals surface area contributed by atoms with Gasteiger partial charge in [0.25, 0.3) is 5.91 Å². The number of rotatable bonds is 9. The number of nitrogens with two attached hydrogens (primary N) is 1. The van der Waals surface area contributed by atoms with E-state index in [1.807, 2.05) is 13.8 Å². The van der Waals surface area contributed by atoms with Gasteiger partial charge in [0.05, 0.1) is 20.3 Å². The lowest BCUT2D eigenvalue weighted by molar-refractivity contribution is -0.130. The molecular weight excluding hydrogens is 416 g/mol. The molecule has 2 aromatic carbocycles. The lowest BCUT2D eigenvalue weighted by atomic mass is 10.1. The van der Waals surface area contributed by atoms with Crippen LogP contribution in [-0.4, -0.2) is 44.7 Å². The van der Waals surface area contributed by atoms with Gasteiger partial charge in [0.15, 0.2) is 23.8 Å². The van der Waals surface area contributed by atoms with Gasteiger partial charge in [0.2, 0.25) is 11.6 Å². The second-order valence-corrected chi connectivity index (χ2v) is 7.04. The predicted octanol–water partition coefficient (Wildman–Crippen LogP) is 2.70. The van der Waals surface area contributed by atoms with Gasteiger partial charge in [0.1, 0.15) is 5.75 Å². The van der Waals surface area contributed by atoms with Gasteiger partial charge in [0, 0.05) is 5.56 Å². The van der Waals surface area contributed by atoms with Crippen LogP contribution in [0, 0.1) is 0 Å². The highest BCUT2D eigenvalue weighted by atomic mass is 16.6. The maximum atomic E-state index is 12.4. The molecule has 1 heterocycles. The molecule has 0 bridgehead atoms. The Labute approximate surface area is 185 Å². The molecule has 32 heavy (non-hydrogen) atoms. The molecule has 0 saturated carbocycles. The van der Waals surface area contributed by atoms with Gasteiger partial charge in [-0.05, 0) is 61.9 Å². The van der Waals surface area contributed by atoms with Crippen LogP contribution in [0.1, 0.15) is 25.0 Å². The molecule has 0 spiro atoms. The number of carbonyl (C=O) groups excluding carboxylic acids is 2. The molecule has 0 atom stereocenters. The molecule has 0 saturated heterocycles. The molecule has 9 heteroatoms. The first-order valence-corrected chi connectivity index (χ1v) is 9.77. The number of hydrogen-bond acceptors (Lipinski definition) is 8. The van der Waals surface area contributed by atoms with E-state index < -0.39 is 11.9 Å². The number of benzene rings is 2. The molecule has 1 aliphatic rings. The fourth-order valence-electron chi connectivity index (χ4n) is 2.91. The summed E-state index contributed by atoms with van der Waals surface area (Å²) < 4.78 is 27.0. The predicted molar refractivity (Wildman–Crippen MR) is 117 cm³/mol. The van der Waals surface area contributed by atoms with Crippen LogP contribution in [0.3, 0.4) is 0 Å². The van der Waals surface area contributed by atoms with Crippen molar-refractivity contribution in [1.82, 2.24) is 0 Å². The van der Waals surface area contributed by atoms with Crippen LogP contribution in [0.4, 0.5) is 0 Å². The molecule has 2 N–H and O–H groups in total. The number of methoxy groups -OCH3 is 2. The maximum absolute atomic E-state index is 12.4. The van der Waals surface area contributed by atoms with Crippen molar-refractivity contribution in [2.24, 2.45) is 10.7 Å². The Morgan fingerprint density at radius 2 is 1.75 bits per heavy atom. The van der Waals surface area contributed by atoms with E-state index in [4.69, 9.17) is 29.4 Å². The van der Waals surface area contributed by atoms with Gasteiger partial charge in [-0.2, -0.15) is 0 Å². The van der Waals surface area contributed by atoms with Crippen LogP contribution < -0.4 is 24.7 Å². The number of ether oxygens (including phenoxy) is 5. The minimum Gasteiger partial charge on any atom is -0.493 e. The highest BCUT2D eigenvalue weighted by molar-refractivity contribution is 6.12. The van der Waals surface area contributed by atoms with E-state index in [0.717, 1.165) is 0 Å². The van der Waals surface area contributed by atoms with Crippen LogP contribution in [0.15, 0.2) is 47.1 Å². The SMILES string of the molecule is COc1cc(/C=C2/N=C(c3ccc(OC(C)C)cc3)OC2=O)cc(OC)c1OCC(N)=O. The van der Waals surface area contributed by atoms with Crippen molar-refractivity contribution < 1.29 is 33.3 Å². The third-order valence-electron chi connectivity index (χ3n) is 4.24. The summed E-state index contributed by atoms with van der Waals surface area (Å²) in [6.07, 6.45) is 1.59. The summed E-state index contributed by atoms with van der Waals surface area (Å²) in [6.45, 7) is 3.54. The topological polar surface area (TPSA) is 119 Å². The average molecular weight is 440 g/mol. The second-order valence-electron chi connectivity index (χ2n) is 7.04. The van der Waals surface area contributed by atoms with Crippen molar-refractivity contribution in [3.8, 4) is 23.0 Å². The lowest BCUT2D eigenvalue weighted by Crippen LogP contribution is -2.20. The molecule has 2 aromatic rings. The molecule has 1 amide bonds. The fourth-order valence-corrected chi connectivity index (χ4v) is 2.91. The van der Waals surface area contributed by atoms with Crippen LogP contribution >= 0.6 is 0 Å². The van der Waals surface area contributed by atoms with Crippen molar-refractivity contribution in [2.45, 2.75) is 20.0 Å². The summed E-state index contributed by atoms with van der Waals surface area (Å²) in [7, 11) is 2.88. The minimum atomic E-state index is -0.639. The van der Waals surface area contributed by atoms with Gasteiger partial charge in [-0.15, -0.1) is 0 Å². The third-order valence-corrected chi connectivity index (χ3v) is 4.24. The summed E-state index contributed by atoms with van der Waals surface area (Å²) in [5.41, 5.74) is 6.45. The van der Waals surface area contributed by atoms with E-state index in [9.17, 15) is 9.59 Å². The zero-order chi connectivity index (χ0) is 23.3. The van der Waals surface area contributed by atoms with Crippen LogP contribution in [0.5, 0.6) is 23.0 Å². The molecule has 0 aromatic heterocycles. The number of carbonyl (C=O) groups is 2. The highest BCUT2D eigenvalue weighted by Crippen LogP contribution is 2.39. The van der Waals surface area contributed by atoms with Crippen molar-refractivity contribution in [3.05, 3.63) is 53.2 Å². The molecule has 0 aliphatic carbocycles. The van der Waals surface area contributed by atoms with Gasteiger partial charge >= 0.3 is 5.97 Å². The zero-order valence-electron chi connectivity index (χ0n) is 18.2. The van der Waals surface area contributed by atoms with E-state index in [1.54, 1.807) is 36.4 Å². The monoisotopic (exact) mass is 440 g/mol. The Kier molecular flexibility index (Phi) is 6.99.